The second-order valence-corrected chi connectivity index (χ2v) is 6.71. The fourth-order valence-corrected chi connectivity index (χ4v) is 3.55. The van der Waals surface area contributed by atoms with Crippen LogP contribution in [0.25, 0.3) is 21.9 Å². The van der Waals surface area contributed by atoms with E-state index in [9.17, 15) is 4.79 Å². The number of para-hydroxylation sites is 1. The van der Waals surface area contributed by atoms with Gasteiger partial charge >= 0.3 is 6.03 Å². The van der Waals surface area contributed by atoms with Gasteiger partial charge in [-0.3, -0.25) is 0 Å². The minimum atomic E-state index is -0.0237. The standard InChI is InChI=1S/C19H24N6O2/c1-13-22-16-17(14-5-2-3-6-15(14)23-18(16)20)25(13)8-4-7-21-19(26)24-9-11-27-12-10-24/h2-3,5-6H,4,7-12H2,1H3,(H2,20,23)(H,21,26). The number of carbonyl (C=O) groups is 1. The van der Waals surface area contributed by atoms with Gasteiger partial charge in [0.1, 0.15) is 11.3 Å². The number of aromatic nitrogens is 3. The summed E-state index contributed by atoms with van der Waals surface area (Å²) in [6, 6.07) is 7.93. The SMILES string of the molecule is Cc1nc2c(N)nc3ccccc3c2n1CCCNC(=O)N1CCOCC1. The van der Waals surface area contributed by atoms with Crippen LogP contribution in [0.1, 0.15) is 12.2 Å². The first-order chi connectivity index (χ1) is 13.1. The van der Waals surface area contributed by atoms with Crippen LogP contribution in [0.5, 0.6) is 0 Å². The number of urea groups is 1. The summed E-state index contributed by atoms with van der Waals surface area (Å²) in [5.74, 6) is 1.35. The molecule has 1 saturated heterocycles. The first-order valence-electron chi connectivity index (χ1n) is 9.26. The van der Waals surface area contributed by atoms with Crippen LogP contribution < -0.4 is 11.1 Å². The van der Waals surface area contributed by atoms with Gasteiger partial charge in [-0.1, -0.05) is 18.2 Å². The van der Waals surface area contributed by atoms with Crippen molar-refractivity contribution < 1.29 is 9.53 Å². The van der Waals surface area contributed by atoms with E-state index in [1.165, 1.54) is 0 Å². The summed E-state index contributed by atoms with van der Waals surface area (Å²) < 4.78 is 7.44. The minimum Gasteiger partial charge on any atom is -0.382 e. The van der Waals surface area contributed by atoms with Crippen LogP contribution in [0.3, 0.4) is 0 Å². The van der Waals surface area contributed by atoms with E-state index >= 15 is 0 Å². The van der Waals surface area contributed by atoms with Crippen LogP contribution in [-0.2, 0) is 11.3 Å². The molecule has 0 radical (unpaired) electrons. The van der Waals surface area contributed by atoms with E-state index < -0.39 is 0 Å². The molecular weight excluding hydrogens is 344 g/mol. The van der Waals surface area contributed by atoms with Gasteiger partial charge in [-0.2, -0.15) is 0 Å². The van der Waals surface area contributed by atoms with E-state index in [2.05, 4.69) is 19.9 Å². The van der Waals surface area contributed by atoms with Crippen LogP contribution in [-0.4, -0.2) is 58.3 Å². The molecule has 3 heterocycles. The lowest BCUT2D eigenvalue weighted by Gasteiger charge is -2.26. The van der Waals surface area contributed by atoms with Crippen molar-refractivity contribution in [2.45, 2.75) is 19.9 Å². The Morgan fingerprint density at radius 1 is 1.26 bits per heavy atom. The number of anilines is 1. The molecule has 0 bridgehead atoms. The van der Waals surface area contributed by atoms with E-state index in [1.807, 2.05) is 31.2 Å². The normalized spacial score (nSPS) is 14.8. The number of amides is 2. The fraction of sp³-hybridized carbons (Fsp3) is 0.421. The molecule has 1 aliphatic rings. The lowest BCUT2D eigenvalue weighted by molar-refractivity contribution is 0.0532. The monoisotopic (exact) mass is 368 g/mol. The molecule has 1 fully saturated rings. The zero-order chi connectivity index (χ0) is 18.8. The summed E-state index contributed by atoms with van der Waals surface area (Å²) in [6.45, 7) is 5.84. The Morgan fingerprint density at radius 3 is 2.85 bits per heavy atom. The number of hydrogen-bond acceptors (Lipinski definition) is 5. The largest absolute Gasteiger partial charge is 0.382 e. The number of ether oxygens (including phenoxy) is 1. The van der Waals surface area contributed by atoms with Gasteiger partial charge in [0.15, 0.2) is 5.82 Å². The van der Waals surface area contributed by atoms with Gasteiger partial charge in [-0.05, 0) is 19.4 Å². The summed E-state index contributed by atoms with van der Waals surface area (Å²) >= 11 is 0. The molecule has 0 atom stereocenters. The second-order valence-electron chi connectivity index (χ2n) is 6.71. The van der Waals surface area contributed by atoms with Gasteiger partial charge in [-0.15, -0.1) is 0 Å². The smallest absolute Gasteiger partial charge is 0.317 e. The Morgan fingerprint density at radius 2 is 2.04 bits per heavy atom. The zero-order valence-corrected chi connectivity index (χ0v) is 15.4. The van der Waals surface area contributed by atoms with Crippen LogP contribution >= 0.6 is 0 Å². The number of pyridine rings is 1. The van der Waals surface area contributed by atoms with E-state index in [1.54, 1.807) is 4.90 Å². The number of hydrogen-bond donors (Lipinski definition) is 2. The molecule has 3 aromatic rings. The number of morpholine rings is 1. The summed E-state index contributed by atoms with van der Waals surface area (Å²) in [6.07, 6.45) is 0.804. The van der Waals surface area contributed by atoms with Crippen molar-refractivity contribution in [3.05, 3.63) is 30.1 Å². The van der Waals surface area contributed by atoms with E-state index in [0.717, 1.165) is 40.7 Å². The minimum absolute atomic E-state index is 0.0237. The predicted molar refractivity (Wildman–Crippen MR) is 105 cm³/mol. The van der Waals surface area contributed by atoms with Crippen molar-refractivity contribution in [3.63, 3.8) is 0 Å². The van der Waals surface area contributed by atoms with E-state index in [-0.39, 0.29) is 6.03 Å². The maximum absolute atomic E-state index is 12.2. The summed E-state index contributed by atoms with van der Waals surface area (Å²) in [4.78, 5) is 23.0. The highest BCUT2D eigenvalue weighted by Gasteiger charge is 2.17. The average molecular weight is 368 g/mol. The first kappa shape index (κ1) is 17.5. The third-order valence-corrected chi connectivity index (χ3v) is 4.93. The summed E-state index contributed by atoms with van der Waals surface area (Å²) in [5.41, 5.74) is 8.74. The fourth-order valence-electron chi connectivity index (χ4n) is 3.55. The van der Waals surface area contributed by atoms with Crippen molar-refractivity contribution in [3.8, 4) is 0 Å². The summed E-state index contributed by atoms with van der Waals surface area (Å²) in [7, 11) is 0. The molecule has 0 saturated carbocycles. The summed E-state index contributed by atoms with van der Waals surface area (Å²) in [5, 5.41) is 4.03. The number of carbonyl (C=O) groups excluding carboxylic acids is 1. The zero-order valence-electron chi connectivity index (χ0n) is 15.4. The van der Waals surface area contributed by atoms with Crippen molar-refractivity contribution in [2.75, 3.05) is 38.6 Å². The molecule has 8 nitrogen and oxygen atoms in total. The highest BCUT2D eigenvalue weighted by molar-refractivity contribution is 6.06. The highest BCUT2D eigenvalue weighted by Crippen LogP contribution is 2.28. The highest BCUT2D eigenvalue weighted by atomic mass is 16.5. The molecule has 0 spiro atoms. The maximum atomic E-state index is 12.2. The molecule has 0 unspecified atom stereocenters. The quantitative estimate of drug-likeness (QED) is 0.686. The van der Waals surface area contributed by atoms with Gasteiger partial charge in [-0.25, -0.2) is 14.8 Å². The van der Waals surface area contributed by atoms with Gasteiger partial charge in [0, 0.05) is 31.6 Å². The average Bonchev–Trinajstić information content (AvgIpc) is 3.03. The number of nitrogen functional groups attached to an aromatic ring is 1. The molecule has 27 heavy (non-hydrogen) atoms. The van der Waals surface area contributed by atoms with Crippen molar-refractivity contribution in [2.24, 2.45) is 0 Å². The lowest BCUT2D eigenvalue weighted by Crippen LogP contribution is -2.46. The molecule has 142 valence electrons. The number of nitrogens with zero attached hydrogens (tertiary/aromatic N) is 4. The molecule has 1 aromatic carbocycles. The van der Waals surface area contributed by atoms with Crippen molar-refractivity contribution in [1.29, 1.82) is 0 Å². The lowest BCUT2D eigenvalue weighted by atomic mass is 10.2. The number of benzene rings is 1. The van der Waals surface area contributed by atoms with Gasteiger partial charge in [0.2, 0.25) is 0 Å². The van der Waals surface area contributed by atoms with E-state index in [4.69, 9.17) is 10.5 Å². The van der Waals surface area contributed by atoms with E-state index in [0.29, 0.717) is 38.7 Å². The molecule has 8 heteroatoms. The predicted octanol–water partition coefficient (Wildman–Crippen LogP) is 1.91. The number of imidazole rings is 1. The Bertz CT molecular complexity index is 977. The van der Waals surface area contributed by atoms with Gasteiger partial charge in [0.05, 0.1) is 24.2 Å². The first-order valence-corrected chi connectivity index (χ1v) is 9.26. The third-order valence-electron chi connectivity index (χ3n) is 4.93. The molecular formula is C19H24N6O2. The van der Waals surface area contributed by atoms with Crippen molar-refractivity contribution >= 4 is 33.8 Å². The molecule has 3 N–H and O–H groups in total. The Labute approximate surface area is 157 Å². The topological polar surface area (TPSA) is 98.3 Å². The number of nitrogens with two attached hydrogens (primary N) is 1. The number of fused-ring (bicyclic) bond motifs is 3. The van der Waals surface area contributed by atoms with Crippen LogP contribution in [0, 0.1) is 6.92 Å². The molecule has 4 rings (SSSR count). The Hall–Kier alpha value is -2.87. The second kappa shape index (κ2) is 7.40. The molecule has 2 aromatic heterocycles. The molecule has 0 aliphatic carbocycles. The van der Waals surface area contributed by atoms with Crippen LogP contribution in [0.2, 0.25) is 0 Å². The number of nitrogens with one attached hydrogen (secondary N) is 1. The Balaban J connectivity index is 1.49. The maximum Gasteiger partial charge on any atom is 0.317 e. The van der Waals surface area contributed by atoms with Gasteiger partial charge in [0.25, 0.3) is 0 Å². The van der Waals surface area contributed by atoms with Crippen LogP contribution in [0.4, 0.5) is 10.6 Å². The Kier molecular flexibility index (Phi) is 4.81. The van der Waals surface area contributed by atoms with Crippen molar-refractivity contribution in [1.82, 2.24) is 24.8 Å². The number of aryl methyl sites for hydroxylation is 2. The molecule has 1 aliphatic heterocycles. The molecule has 2 amide bonds. The van der Waals surface area contributed by atoms with Crippen LogP contribution in [0.15, 0.2) is 24.3 Å². The van der Waals surface area contributed by atoms with Gasteiger partial charge < -0.3 is 25.3 Å². The number of rotatable bonds is 4. The third kappa shape index (κ3) is 3.40.